The number of benzene rings is 3. The van der Waals surface area contributed by atoms with E-state index in [4.69, 9.17) is 9.47 Å². The molecule has 0 radical (unpaired) electrons. The maximum absolute atomic E-state index is 13.0. The molecule has 3 aromatic carbocycles. The SMILES string of the molecule is Cc1ccc(Oc2cc(-c3cccc(C(F)(F)F)c3)ccc2C2CO2)cc1. The Morgan fingerprint density at radius 3 is 2.30 bits per heavy atom. The van der Waals surface area contributed by atoms with Crippen molar-refractivity contribution < 1.29 is 22.6 Å². The zero-order valence-corrected chi connectivity index (χ0v) is 14.6. The van der Waals surface area contributed by atoms with Gasteiger partial charge in [0.2, 0.25) is 0 Å². The third-order valence-electron chi connectivity index (χ3n) is 4.47. The molecule has 0 amide bonds. The van der Waals surface area contributed by atoms with Gasteiger partial charge in [-0.2, -0.15) is 13.2 Å². The second kappa shape index (κ2) is 6.74. The van der Waals surface area contributed by atoms with Gasteiger partial charge in [-0.25, -0.2) is 0 Å². The van der Waals surface area contributed by atoms with E-state index >= 15 is 0 Å². The first-order valence-corrected chi connectivity index (χ1v) is 8.58. The molecule has 0 saturated carbocycles. The van der Waals surface area contributed by atoms with Crippen LogP contribution in [-0.4, -0.2) is 6.61 Å². The highest BCUT2D eigenvalue weighted by Gasteiger charge is 2.31. The van der Waals surface area contributed by atoms with Gasteiger partial charge in [0.25, 0.3) is 0 Å². The van der Waals surface area contributed by atoms with Crippen LogP contribution in [0.5, 0.6) is 11.5 Å². The molecule has 1 fully saturated rings. The van der Waals surface area contributed by atoms with Gasteiger partial charge in [0.1, 0.15) is 17.6 Å². The summed E-state index contributed by atoms with van der Waals surface area (Å²) in [5.41, 5.74) is 2.49. The first kappa shape index (κ1) is 17.6. The van der Waals surface area contributed by atoms with Crippen LogP contribution in [0.4, 0.5) is 13.2 Å². The molecule has 3 aromatic rings. The Hall–Kier alpha value is -2.79. The molecule has 1 unspecified atom stereocenters. The minimum absolute atomic E-state index is 0.0268. The summed E-state index contributed by atoms with van der Waals surface area (Å²) in [6.07, 6.45) is -4.40. The molecule has 0 aromatic heterocycles. The van der Waals surface area contributed by atoms with E-state index in [-0.39, 0.29) is 6.10 Å². The molecule has 2 nitrogen and oxygen atoms in total. The largest absolute Gasteiger partial charge is 0.457 e. The molecule has 0 N–H and O–H groups in total. The zero-order valence-electron chi connectivity index (χ0n) is 14.6. The number of halogens is 3. The van der Waals surface area contributed by atoms with E-state index in [0.29, 0.717) is 29.2 Å². The molecular weight excluding hydrogens is 353 g/mol. The van der Waals surface area contributed by atoms with E-state index in [9.17, 15) is 13.2 Å². The Morgan fingerprint density at radius 2 is 1.63 bits per heavy atom. The van der Waals surface area contributed by atoms with Gasteiger partial charge >= 0.3 is 6.18 Å². The van der Waals surface area contributed by atoms with Crippen molar-refractivity contribution in [2.75, 3.05) is 6.61 Å². The summed E-state index contributed by atoms with van der Waals surface area (Å²) >= 11 is 0. The van der Waals surface area contributed by atoms with Crippen molar-refractivity contribution in [2.24, 2.45) is 0 Å². The van der Waals surface area contributed by atoms with Gasteiger partial charge in [-0.3, -0.25) is 0 Å². The van der Waals surface area contributed by atoms with E-state index in [1.54, 1.807) is 18.2 Å². The summed E-state index contributed by atoms with van der Waals surface area (Å²) in [4.78, 5) is 0. The van der Waals surface area contributed by atoms with Crippen molar-refractivity contribution in [1.82, 2.24) is 0 Å². The van der Waals surface area contributed by atoms with Crippen LogP contribution in [0.1, 0.15) is 22.8 Å². The second-order valence-corrected chi connectivity index (χ2v) is 6.57. The predicted molar refractivity (Wildman–Crippen MR) is 96.8 cm³/mol. The summed E-state index contributed by atoms with van der Waals surface area (Å²) in [6.45, 7) is 2.61. The summed E-state index contributed by atoms with van der Waals surface area (Å²) in [5.74, 6) is 1.26. The zero-order chi connectivity index (χ0) is 19.0. The Bertz CT molecular complexity index is 958. The lowest BCUT2D eigenvalue weighted by Gasteiger charge is -2.13. The highest BCUT2D eigenvalue weighted by atomic mass is 19.4. The normalized spacial score (nSPS) is 16.2. The van der Waals surface area contributed by atoms with Gasteiger partial charge in [0.05, 0.1) is 12.2 Å². The minimum atomic E-state index is -4.38. The smallest absolute Gasteiger partial charge is 0.416 e. The third kappa shape index (κ3) is 3.98. The van der Waals surface area contributed by atoms with Crippen molar-refractivity contribution in [3.05, 3.63) is 83.4 Å². The summed E-state index contributed by atoms with van der Waals surface area (Å²) in [5, 5.41) is 0. The predicted octanol–water partition coefficient (Wildman–Crippen LogP) is 6.54. The van der Waals surface area contributed by atoms with E-state index in [1.807, 2.05) is 37.3 Å². The van der Waals surface area contributed by atoms with Gasteiger partial charge in [0, 0.05) is 5.56 Å². The van der Waals surface area contributed by atoms with Crippen LogP contribution in [0.25, 0.3) is 11.1 Å². The van der Waals surface area contributed by atoms with Crippen LogP contribution >= 0.6 is 0 Å². The molecule has 0 aliphatic carbocycles. The summed E-state index contributed by atoms with van der Waals surface area (Å²) < 4.78 is 50.5. The molecule has 4 rings (SSSR count). The maximum Gasteiger partial charge on any atom is 0.416 e. The Morgan fingerprint density at radius 1 is 0.926 bits per heavy atom. The van der Waals surface area contributed by atoms with E-state index in [0.717, 1.165) is 23.3 Å². The van der Waals surface area contributed by atoms with Gasteiger partial charge in [-0.1, -0.05) is 42.0 Å². The summed E-state index contributed by atoms with van der Waals surface area (Å²) in [7, 11) is 0. The molecule has 27 heavy (non-hydrogen) atoms. The van der Waals surface area contributed by atoms with Crippen LogP contribution in [0.3, 0.4) is 0 Å². The number of rotatable bonds is 4. The fourth-order valence-electron chi connectivity index (χ4n) is 2.90. The van der Waals surface area contributed by atoms with Crippen molar-refractivity contribution in [1.29, 1.82) is 0 Å². The Balaban J connectivity index is 1.72. The van der Waals surface area contributed by atoms with Gasteiger partial charge < -0.3 is 9.47 Å². The van der Waals surface area contributed by atoms with Crippen LogP contribution < -0.4 is 4.74 Å². The van der Waals surface area contributed by atoms with Crippen molar-refractivity contribution in [3.8, 4) is 22.6 Å². The number of epoxide rings is 1. The number of aryl methyl sites for hydroxylation is 1. The number of hydrogen-bond donors (Lipinski definition) is 0. The molecule has 138 valence electrons. The molecule has 1 heterocycles. The van der Waals surface area contributed by atoms with Gasteiger partial charge in [-0.15, -0.1) is 0 Å². The molecular formula is C22H17F3O2. The fraction of sp³-hybridized carbons (Fsp3) is 0.182. The maximum atomic E-state index is 13.0. The molecule has 1 atom stereocenters. The average Bonchev–Trinajstić information content (AvgIpc) is 3.48. The lowest BCUT2D eigenvalue weighted by atomic mass is 10.00. The lowest BCUT2D eigenvalue weighted by Crippen LogP contribution is -2.04. The van der Waals surface area contributed by atoms with E-state index in [2.05, 4.69) is 0 Å². The summed E-state index contributed by atoms with van der Waals surface area (Å²) in [6, 6.07) is 18.3. The van der Waals surface area contributed by atoms with E-state index < -0.39 is 11.7 Å². The van der Waals surface area contributed by atoms with Crippen LogP contribution in [0, 0.1) is 6.92 Å². The van der Waals surface area contributed by atoms with Crippen molar-refractivity contribution >= 4 is 0 Å². The Labute approximate surface area is 155 Å². The first-order chi connectivity index (χ1) is 12.9. The van der Waals surface area contributed by atoms with Crippen molar-refractivity contribution in [2.45, 2.75) is 19.2 Å². The standard InChI is InChI=1S/C22H17F3O2/c1-14-5-8-18(9-6-14)27-20-12-16(7-10-19(20)21-13-26-21)15-3-2-4-17(11-15)22(23,24)25/h2-12,21H,13H2,1H3. The quantitative estimate of drug-likeness (QED) is 0.486. The number of hydrogen-bond acceptors (Lipinski definition) is 2. The average molecular weight is 370 g/mol. The number of ether oxygens (including phenoxy) is 2. The molecule has 5 heteroatoms. The van der Waals surface area contributed by atoms with E-state index in [1.165, 1.54) is 6.07 Å². The van der Waals surface area contributed by atoms with Crippen LogP contribution in [0.15, 0.2) is 66.7 Å². The fourth-order valence-corrected chi connectivity index (χ4v) is 2.90. The number of alkyl halides is 3. The van der Waals surface area contributed by atoms with Gasteiger partial charge in [0.15, 0.2) is 0 Å². The molecule has 1 saturated heterocycles. The van der Waals surface area contributed by atoms with Crippen LogP contribution in [0.2, 0.25) is 0 Å². The first-order valence-electron chi connectivity index (χ1n) is 8.58. The topological polar surface area (TPSA) is 21.8 Å². The highest BCUT2D eigenvalue weighted by molar-refractivity contribution is 5.67. The van der Waals surface area contributed by atoms with Gasteiger partial charge in [-0.05, 0) is 48.4 Å². The lowest BCUT2D eigenvalue weighted by molar-refractivity contribution is -0.137. The second-order valence-electron chi connectivity index (χ2n) is 6.57. The monoisotopic (exact) mass is 370 g/mol. The third-order valence-corrected chi connectivity index (χ3v) is 4.47. The minimum Gasteiger partial charge on any atom is -0.457 e. The molecule has 0 bridgehead atoms. The molecule has 0 spiro atoms. The Kier molecular flexibility index (Phi) is 4.40. The van der Waals surface area contributed by atoms with Crippen molar-refractivity contribution in [3.63, 3.8) is 0 Å². The highest BCUT2D eigenvalue weighted by Crippen LogP contribution is 2.41. The molecule has 1 aliphatic heterocycles. The van der Waals surface area contributed by atoms with Crippen LogP contribution in [-0.2, 0) is 10.9 Å². The molecule has 1 aliphatic rings.